The number of nitrogens with zero attached hydrogens (tertiary/aromatic N) is 4. The van der Waals surface area contributed by atoms with Crippen molar-refractivity contribution >= 4 is 0 Å². The summed E-state index contributed by atoms with van der Waals surface area (Å²) in [5.74, 6) is -1.02. The molecule has 2 bridgehead atoms. The summed E-state index contributed by atoms with van der Waals surface area (Å²) in [6, 6.07) is 4.96. The van der Waals surface area contributed by atoms with Gasteiger partial charge >= 0.3 is 0 Å². The van der Waals surface area contributed by atoms with Gasteiger partial charge in [-0.05, 0) is 43.4 Å². The molecule has 2 unspecified atom stereocenters. The van der Waals surface area contributed by atoms with Crippen molar-refractivity contribution < 1.29 is 13.5 Å². The topological polar surface area (TPSA) is 43.2 Å². The van der Waals surface area contributed by atoms with E-state index in [1.165, 1.54) is 12.1 Å². The molecular formula is C18H22F2N4O. The van der Waals surface area contributed by atoms with Crippen LogP contribution in [0.4, 0.5) is 8.78 Å². The Morgan fingerprint density at radius 1 is 1.08 bits per heavy atom. The molecule has 0 aliphatic carbocycles. The number of fused-ring (bicyclic) bond motifs is 2. The summed E-state index contributed by atoms with van der Waals surface area (Å²) in [4.78, 5) is 2.40. The summed E-state index contributed by atoms with van der Waals surface area (Å²) < 4.78 is 34.0. The van der Waals surface area contributed by atoms with Crippen molar-refractivity contribution in [2.45, 2.75) is 57.0 Å². The molecule has 0 spiro atoms. The zero-order chi connectivity index (χ0) is 17.4. The van der Waals surface area contributed by atoms with Gasteiger partial charge in [0.2, 0.25) is 0 Å². The quantitative estimate of drug-likeness (QED) is 0.833. The molecule has 2 fully saturated rings. The molecule has 2 saturated heterocycles. The Kier molecular flexibility index (Phi) is 4.52. The van der Waals surface area contributed by atoms with Crippen LogP contribution in [-0.2, 0) is 17.9 Å². The molecule has 134 valence electrons. The molecule has 7 heteroatoms. The van der Waals surface area contributed by atoms with Crippen LogP contribution in [0.3, 0.4) is 0 Å². The normalized spacial score (nSPS) is 26.3. The van der Waals surface area contributed by atoms with Crippen molar-refractivity contribution in [2.75, 3.05) is 7.11 Å². The molecule has 2 aliphatic heterocycles. The maximum absolute atomic E-state index is 13.5. The number of aromatic nitrogens is 3. The monoisotopic (exact) mass is 348 g/mol. The second-order valence-corrected chi connectivity index (χ2v) is 7.08. The number of hydrogen-bond acceptors (Lipinski definition) is 4. The summed E-state index contributed by atoms with van der Waals surface area (Å²) in [5.41, 5.74) is 1.54. The van der Waals surface area contributed by atoms with Gasteiger partial charge in [-0.3, -0.25) is 4.90 Å². The maximum atomic E-state index is 13.5. The number of methoxy groups -OCH3 is 1. The van der Waals surface area contributed by atoms with Gasteiger partial charge in [0, 0.05) is 31.8 Å². The SMILES string of the molecule is COCc1cn(C2CC3CCC(C2)N3Cc2cc(F)cc(F)c2)nn1. The fraction of sp³-hybridized carbons (Fsp3) is 0.556. The van der Waals surface area contributed by atoms with Crippen LogP contribution in [0.2, 0.25) is 0 Å². The number of hydrogen-bond donors (Lipinski definition) is 0. The first kappa shape index (κ1) is 16.6. The highest BCUT2D eigenvalue weighted by Gasteiger charge is 2.41. The maximum Gasteiger partial charge on any atom is 0.126 e. The van der Waals surface area contributed by atoms with E-state index in [4.69, 9.17) is 4.74 Å². The molecule has 2 atom stereocenters. The summed E-state index contributed by atoms with van der Waals surface area (Å²) >= 11 is 0. The first-order chi connectivity index (χ1) is 12.1. The fourth-order valence-electron chi connectivity index (χ4n) is 4.34. The fourth-order valence-corrected chi connectivity index (χ4v) is 4.34. The van der Waals surface area contributed by atoms with E-state index in [0.717, 1.165) is 37.4 Å². The van der Waals surface area contributed by atoms with Gasteiger partial charge in [0.15, 0.2) is 0 Å². The van der Waals surface area contributed by atoms with Crippen LogP contribution < -0.4 is 0 Å². The molecule has 25 heavy (non-hydrogen) atoms. The highest BCUT2D eigenvalue weighted by Crippen LogP contribution is 2.41. The van der Waals surface area contributed by atoms with Crippen molar-refractivity contribution in [2.24, 2.45) is 0 Å². The number of piperidine rings is 1. The lowest BCUT2D eigenvalue weighted by molar-refractivity contribution is 0.0942. The smallest absolute Gasteiger partial charge is 0.126 e. The van der Waals surface area contributed by atoms with Crippen molar-refractivity contribution in [1.29, 1.82) is 0 Å². The van der Waals surface area contributed by atoms with Gasteiger partial charge in [-0.15, -0.1) is 5.10 Å². The number of halogens is 2. The molecule has 0 saturated carbocycles. The van der Waals surface area contributed by atoms with E-state index >= 15 is 0 Å². The van der Waals surface area contributed by atoms with Gasteiger partial charge < -0.3 is 4.74 Å². The molecule has 1 aromatic heterocycles. The largest absolute Gasteiger partial charge is 0.378 e. The first-order valence-corrected chi connectivity index (χ1v) is 8.72. The second kappa shape index (κ2) is 6.80. The first-order valence-electron chi connectivity index (χ1n) is 8.72. The third-order valence-corrected chi connectivity index (χ3v) is 5.37. The van der Waals surface area contributed by atoms with E-state index in [1.807, 2.05) is 10.9 Å². The van der Waals surface area contributed by atoms with Crippen LogP contribution in [0.1, 0.15) is 43.0 Å². The lowest BCUT2D eigenvalue weighted by Crippen LogP contribution is -2.43. The third-order valence-electron chi connectivity index (χ3n) is 5.37. The summed E-state index contributed by atoms with van der Waals surface area (Å²) in [6.07, 6.45) is 6.19. The summed E-state index contributed by atoms with van der Waals surface area (Å²) in [6.45, 7) is 1.07. The van der Waals surface area contributed by atoms with Crippen LogP contribution in [0.15, 0.2) is 24.4 Å². The Labute approximate surface area is 145 Å². The average Bonchev–Trinajstić information content (AvgIpc) is 3.09. The average molecular weight is 348 g/mol. The highest BCUT2D eigenvalue weighted by molar-refractivity contribution is 5.18. The summed E-state index contributed by atoms with van der Waals surface area (Å²) in [7, 11) is 1.65. The summed E-state index contributed by atoms with van der Waals surface area (Å²) in [5, 5.41) is 8.41. The van der Waals surface area contributed by atoms with E-state index in [9.17, 15) is 8.78 Å². The predicted octanol–water partition coefficient (Wildman–Crippen LogP) is 3.07. The molecule has 2 aliphatic rings. The minimum absolute atomic E-state index is 0.330. The van der Waals surface area contributed by atoms with Gasteiger partial charge in [-0.25, -0.2) is 13.5 Å². The molecule has 5 nitrogen and oxygen atoms in total. The van der Waals surface area contributed by atoms with Crippen molar-refractivity contribution in [3.8, 4) is 0 Å². The molecule has 1 aromatic carbocycles. The van der Waals surface area contributed by atoms with E-state index in [-0.39, 0.29) is 0 Å². The van der Waals surface area contributed by atoms with Crippen LogP contribution in [0.25, 0.3) is 0 Å². The zero-order valence-electron chi connectivity index (χ0n) is 14.2. The molecular weight excluding hydrogens is 326 g/mol. The lowest BCUT2D eigenvalue weighted by Gasteiger charge is -2.38. The van der Waals surface area contributed by atoms with Crippen molar-refractivity contribution in [1.82, 2.24) is 19.9 Å². The standard InChI is InChI=1S/C18H22F2N4O/c1-25-11-15-10-24(22-21-15)18-7-16-2-3-17(8-18)23(16)9-12-4-13(19)6-14(20)5-12/h4-6,10,16-18H,2-3,7-9,11H2,1H3. The predicted molar refractivity (Wildman–Crippen MR) is 87.7 cm³/mol. The molecule has 0 radical (unpaired) electrons. The lowest BCUT2D eigenvalue weighted by atomic mass is 9.96. The highest BCUT2D eigenvalue weighted by atomic mass is 19.1. The molecule has 3 heterocycles. The van der Waals surface area contributed by atoms with Crippen molar-refractivity contribution in [3.63, 3.8) is 0 Å². The van der Waals surface area contributed by atoms with Crippen LogP contribution in [0.5, 0.6) is 0 Å². The Bertz CT molecular complexity index is 716. The molecule has 0 amide bonds. The van der Waals surface area contributed by atoms with Crippen LogP contribution in [0, 0.1) is 11.6 Å². The van der Waals surface area contributed by atoms with Crippen LogP contribution >= 0.6 is 0 Å². The molecule has 2 aromatic rings. The van der Waals surface area contributed by atoms with E-state index in [1.54, 1.807) is 7.11 Å². The van der Waals surface area contributed by atoms with Gasteiger partial charge in [0.1, 0.15) is 17.3 Å². The van der Waals surface area contributed by atoms with Gasteiger partial charge in [0.25, 0.3) is 0 Å². The van der Waals surface area contributed by atoms with E-state index in [0.29, 0.717) is 36.8 Å². The Morgan fingerprint density at radius 2 is 1.76 bits per heavy atom. The third kappa shape index (κ3) is 3.43. The number of benzene rings is 1. The van der Waals surface area contributed by atoms with Gasteiger partial charge in [-0.2, -0.15) is 0 Å². The molecule has 0 N–H and O–H groups in total. The minimum atomic E-state index is -0.509. The minimum Gasteiger partial charge on any atom is -0.378 e. The number of ether oxygens (including phenoxy) is 1. The Balaban J connectivity index is 1.46. The van der Waals surface area contributed by atoms with Crippen LogP contribution in [-0.4, -0.2) is 39.1 Å². The zero-order valence-corrected chi connectivity index (χ0v) is 14.2. The number of rotatable bonds is 5. The molecule has 4 rings (SSSR count). The van der Waals surface area contributed by atoms with E-state index < -0.39 is 11.6 Å². The second-order valence-electron chi connectivity index (χ2n) is 7.08. The Hall–Kier alpha value is -1.86. The van der Waals surface area contributed by atoms with Crippen molar-refractivity contribution in [3.05, 3.63) is 47.3 Å². The van der Waals surface area contributed by atoms with Gasteiger partial charge in [-0.1, -0.05) is 5.21 Å². The van der Waals surface area contributed by atoms with Gasteiger partial charge in [0.05, 0.1) is 18.8 Å². The van der Waals surface area contributed by atoms with E-state index in [2.05, 4.69) is 15.2 Å². The Morgan fingerprint density at radius 3 is 2.40 bits per heavy atom.